The number of amides is 1. The number of likely N-dealkylation sites (N-methyl/N-ethyl adjacent to an activating group) is 1. The molecule has 0 saturated carbocycles. The molecule has 36 heavy (non-hydrogen) atoms. The van der Waals surface area contributed by atoms with Gasteiger partial charge in [-0.05, 0) is 39.1 Å². The van der Waals surface area contributed by atoms with E-state index in [2.05, 4.69) is 20.6 Å². The second-order valence-electron chi connectivity index (χ2n) is 9.43. The van der Waals surface area contributed by atoms with Crippen LogP contribution in [-0.2, 0) is 4.79 Å². The zero-order valence-corrected chi connectivity index (χ0v) is 21.3. The number of methoxy groups -OCH3 is 1. The number of anilines is 2. The van der Waals surface area contributed by atoms with Crippen molar-refractivity contribution in [2.75, 3.05) is 32.6 Å². The Morgan fingerprint density at radius 1 is 1.31 bits per heavy atom. The summed E-state index contributed by atoms with van der Waals surface area (Å²) in [7, 11) is 3.39. The van der Waals surface area contributed by atoms with E-state index in [0.29, 0.717) is 41.2 Å². The molecule has 3 aromatic rings. The van der Waals surface area contributed by atoms with E-state index in [1.165, 1.54) is 19.5 Å². The number of nitrogens with zero attached hydrogens (tertiary/aromatic N) is 3. The van der Waals surface area contributed by atoms with Crippen LogP contribution in [0.4, 0.5) is 15.9 Å². The number of carbonyl (C=O) groups excluding carboxylic acids is 1. The number of rotatable bonds is 8. The topological polar surface area (TPSA) is 109 Å². The van der Waals surface area contributed by atoms with Crippen LogP contribution in [0.15, 0.2) is 36.7 Å². The molecule has 2 aromatic carbocycles. The molecule has 0 spiro atoms. The molecule has 0 unspecified atom stereocenters. The number of aromatic nitrogens is 2. The van der Waals surface area contributed by atoms with Crippen LogP contribution < -0.4 is 20.1 Å². The summed E-state index contributed by atoms with van der Waals surface area (Å²) >= 11 is 5.92. The van der Waals surface area contributed by atoms with Crippen LogP contribution in [0.5, 0.6) is 11.5 Å². The van der Waals surface area contributed by atoms with Crippen LogP contribution in [0.1, 0.15) is 20.3 Å². The Balaban J connectivity index is 1.59. The summed E-state index contributed by atoms with van der Waals surface area (Å²) in [5.41, 5.74) is 0.0358. The normalized spacial score (nSPS) is 18.3. The van der Waals surface area contributed by atoms with Gasteiger partial charge in [0.25, 0.3) is 0 Å². The fraction of sp³-hybridized carbons (Fsp3) is 0.400. The number of hydrogen-bond donors (Lipinski definition) is 3. The highest BCUT2D eigenvalue weighted by Crippen LogP contribution is 2.37. The Kier molecular flexibility index (Phi) is 7.49. The molecule has 1 fully saturated rings. The van der Waals surface area contributed by atoms with Crippen molar-refractivity contribution >= 4 is 39.9 Å². The van der Waals surface area contributed by atoms with Crippen LogP contribution >= 0.6 is 11.6 Å². The van der Waals surface area contributed by atoms with Gasteiger partial charge in [-0.3, -0.25) is 9.69 Å². The second-order valence-corrected chi connectivity index (χ2v) is 9.84. The van der Waals surface area contributed by atoms with Crippen molar-refractivity contribution in [2.45, 2.75) is 38.0 Å². The minimum absolute atomic E-state index is 0.00428. The molecule has 0 bridgehead atoms. The van der Waals surface area contributed by atoms with Crippen molar-refractivity contribution in [3.63, 3.8) is 0 Å². The lowest BCUT2D eigenvalue weighted by molar-refractivity contribution is -0.127. The third-order valence-corrected chi connectivity index (χ3v) is 6.38. The van der Waals surface area contributed by atoms with Crippen LogP contribution in [0.2, 0.25) is 5.02 Å². The van der Waals surface area contributed by atoms with Gasteiger partial charge in [0.2, 0.25) is 5.91 Å². The molecule has 4 rings (SSSR count). The summed E-state index contributed by atoms with van der Waals surface area (Å²) in [6.45, 7) is 3.87. The van der Waals surface area contributed by atoms with E-state index < -0.39 is 17.4 Å². The zero-order valence-electron chi connectivity index (χ0n) is 20.5. The quantitative estimate of drug-likeness (QED) is 0.416. The van der Waals surface area contributed by atoms with Gasteiger partial charge in [0, 0.05) is 24.4 Å². The van der Waals surface area contributed by atoms with Gasteiger partial charge in [-0.2, -0.15) is 0 Å². The number of ether oxygens (including phenoxy) is 2. The van der Waals surface area contributed by atoms with Crippen molar-refractivity contribution in [2.24, 2.45) is 0 Å². The molecule has 9 nitrogen and oxygen atoms in total. The lowest BCUT2D eigenvalue weighted by Gasteiger charge is -2.27. The first-order chi connectivity index (χ1) is 17.1. The molecule has 192 valence electrons. The van der Waals surface area contributed by atoms with E-state index in [-0.39, 0.29) is 29.3 Å². The van der Waals surface area contributed by atoms with Gasteiger partial charge in [0.05, 0.1) is 41.5 Å². The predicted octanol–water partition coefficient (Wildman–Crippen LogP) is 3.51. The summed E-state index contributed by atoms with van der Waals surface area (Å²) in [6.07, 6.45) is 1.53. The number of nitrogens with one attached hydrogen (secondary N) is 2. The molecule has 2 atom stereocenters. The van der Waals surface area contributed by atoms with E-state index in [9.17, 15) is 14.3 Å². The summed E-state index contributed by atoms with van der Waals surface area (Å²) in [5, 5.41) is 15.9. The third kappa shape index (κ3) is 5.45. The Morgan fingerprint density at radius 2 is 2.08 bits per heavy atom. The lowest BCUT2D eigenvalue weighted by atomic mass is 10.1. The number of carbonyl (C=O) groups is 1. The zero-order chi connectivity index (χ0) is 26.0. The molecule has 11 heteroatoms. The number of hydrogen-bond acceptors (Lipinski definition) is 8. The van der Waals surface area contributed by atoms with Gasteiger partial charge >= 0.3 is 0 Å². The van der Waals surface area contributed by atoms with Gasteiger partial charge in [-0.25, -0.2) is 14.4 Å². The minimum atomic E-state index is -0.718. The third-order valence-electron chi connectivity index (χ3n) is 6.09. The fourth-order valence-electron chi connectivity index (χ4n) is 4.12. The maximum absolute atomic E-state index is 14.5. The van der Waals surface area contributed by atoms with Crippen molar-refractivity contribution < 1.29 is 23.8 Å². The number of aliphatic hydroxyl groups excluding tert-OH is 1. The molecular formula is C25H29ClFN5O4. The SMILES string of the molecule is COc1cc2ncnc(Nc3cccc(Cl)c3F)c2cc1O[C@H]1C[C@H](C(=O)NC(C)(C)CO)N(C)C1. The van der Waals surface area contributed by atoms with Gasteiger partial charge in [-0.15, -0.1) is 0 Å². The van der Waals surface area contributed by atoms with Gasteiger partial charge in [0.1, 0.15) is 18.2 Å². The fourth-order valence-corrected chi connectivity index (χ4v) is 4.30. The van der Waals surface area contributed by atoms with Crippen LogP contribution in [0, 0.1) is 5.82 Å². The highest BCUT2D eigenvalue weighted by molar-refractivity contribution is 6.31. The molecule has 2 heterocycles. The van der Waals surface area contributed by atoms with E-state index in [0.717, 1.165) is 0 Å². The van der Waals surface area contributed by atoms with E-state index in [1.54, 1.807) is 38.1 Å². The van der Waals surface area contributed by atoms with Crippen molar-refractivity contribution in [3.8, 4) is 11.5 Å². The highest BCUT2D eigenvalue weighted by Gasteiger charge is 2.37. The molecule has 1 aliphatic heterocycles. The minimum Gasteiger partial charge on any atom is -0.493 e. The molecule has 3 N–H and O–H groups in total. The van der Waals surface area contributed by atoms with Crippen molar-refractivity contribution in [3.05, 3.63) is 47.5 Å². The first kappa shape index (κ1) is 25.9. The maximum atomic E-state index is 14.5. The second kappa shape index (κ2) is 10.4. The van der Waals surface area contributed by atoms with E-state index in [1.807, 2.05) is 11.9 Å². The first-order valence-corrected chi connectivity index (χ1v) is 11.8. The number of benzene rings is 2. The number of likely N-dealkylation sites (tertiary alicyclic amines) is 1. The van der Waals surface area contributed by atoms with Gasteiger partial charge in [-0.1, -0.05) is 17.7 Å². The lowest BCUT2D eigenvalue weighted by Crippen LogP contribution is -2.52. The summed E-state index contributed by atoms with van der Waals surface area (Å²) in [6, 6.07) is 7.72. The van der Waals surface area contributed by atoms with E-state index in [4.69, 9.17) is 21.1 Å². The van der Waals surface area contributed by atoms with Crippen LogP contribution in [-0.4, -0.2) is 70.9 Å². The standard InChI is InChI=1S/C25H29ClFN5O4/c1-25(2,12-33)31-24(34)19-8-14(11-32(19)3)36-21-9-15-18(10-20(21)35-4)28-13-29-23(15)30-17-7-5-6-16(26)22(17)27/h5-7,9-10,13-14,19,33H,8,11-12H2,1-4H3,(H,31,34)(H,28,29,30)/t14-,19+/m0/s1. The highest BCUT2D eigenvalue weighted by atomic mass is 35.5. The smallest absolute Gasteiger partial charge is 0.237 e. The Labute approximate surface area is 213 Å². The largest absolute Gasteiger partial charge is 0.493 e. The molecule has 1 aromatic heterocycles. The average molecular weight is 518 g/mol. The van der Waals surface area contributed by atoms with Crippen molar-refractivity contribution in [1.82, 2.24) is 20.2 Å². The Morgan fingerprint density at radius 3 is 2.81 bits per heavy atom. The summed E-state index contributed by atoms with van der Waals surface area (Å²) in [4.78, 5) is 23.3. The first-order valence-electron chi connectivity index (χ1n) is 11.5. The Hall–Kier alpha value is -3.21. The molecule has 0 aliphatic carbocycles. The molecular weight excluding hydrogens is 489 g/mol. The van der Waals surface area contributed by atoms with Gasteiger partial charge < -0.3 is 25.2 Å². The monoisotopic (exact) mass is 517 g/mol. The number of halogens is 2. The van der Waals surface area contributed by atoms with Crippen molar-refractivity contribution in [1.29, 1.82) is 0 Å². The van der Waals surface area contributed by atoms with Crippen LogP contribution in [0.25, 0.3) is 10.9 Å². The molecule has 1 amide bonds. The molecule has 1 aliphatic rings. The predicted molar refractivity (Wildman–Crippen MR) is 136 cm³/mol. The van der Waals surface area contributed by atoms with Crippen LogP contribution in [0.3, 0.4) is 0 Å². The summed E-state index contributed by atoms with van der Waals surface area (Å²) < 4.78 is 26.3. The summed E-state index contributed by atoms with van der Waals surface area (Å²) in [5.74, 6) is 0.540. The maximum Gasteiger partial charge on any atom is 0.237 e. The average Bonchev–Trinajstić information content (AvgIpc) is 3.21. The van der Waals surface area contributed by atoms with E-state index >= 15 is 0 Å². The molecule has 0 radical (unpaired) electrons. The van der Waals surface area contributed by atoms with Gasteiger partial charge in [0.15, 0.2) is 17.3 Å². The Bertz CT molecular complexity index is 1270. The molecule has 1 saturated heterocycles. The number of fused-ring (bicyclic) bond motifs is 1. The number of aliphatic hydroxyl groups is 1.